The zero-order chi connectivity index (χ0) is 16.7. The number of pyridine rings is 1. The summed E-state index contributed by atoms with van der Waals surface area (Å²) < 4.78 is 9.37. The minimum absolute atomic E-state index is 0.0253. The monoisotopic (exact) mass is 335 g/mol. The van der Waals surface area contributed by atoms with Crippen molar-refractivity contribution in [2.24, 2.45) is 0 Å². The number of nitrogens with one attached hydrogen (secondary N) is 1. The van der Waals surface area contributed by atoms with Gasteiger partial charge >= 0.3 is 11.9 Å². The van der Waals surface area contributed by atoms with Gasteiger partial charge in [-0.1, -0.05) is 6.07 Å². The predicted octanol–water partition coefficient (Wildman–Crippen LogP) is 1.05. The molecule has 0 bridgehead atoms. The van der Waals surface area contributed by atoms with Gasteiger partial charge in [-0.2, -0.15) is 0 Å². The zero-order valence-corrected chi connectivity index (χ0v) is 13.0. The number of carbonyl (C=O) groups excluding carboxylic acids is 3. The summed E-state index contributed by atoms with van der Waals surface area (Å²) in [5.74, 6) is -1.64. The van der Waals surface area contributed by atoms with Crippen molar-refractivity contribution in [2.75, 3.05) is 19.0 Å². The Kier molecular flexibility index (Phi) is 5.75. The fourth-order valence-electron chi connectivity index (χ4n) is 1.51. The van der Waals surface area contributed by atoms with Gasteiger partial charge in [0.25, 0.3) is 5.91 Å². The number of hydrogen-bond donors (Lipinski definition) is 1. The van der Waals surface area contributed by atoms with Gasteiger partial charge in [0.1, 0.15) is 5.69 Å². The number of thiazole rings is 1. The van der Waals surface area contributed by atoms with E-state index in [0.717, 1.165) is 11.3 Å². The quantitative estimate of drug-likeness (QED) is 0.786. The Morgan fingerprint density at radius 1 is 1.30 bits per heavy atom. The average Bonchev–Trinajstić information content (AvgIpc) is 3.00. The first-order chi connectivity index (χ1) is 11.1. The molecule has 9 heteroatoms. The number of anilines is 1. The maximum Gasteiger partial charge on any atom is 0.357 e. The van der Waals surface area contributed by atoms with E-state index in [-0.39, 0.29) is 12.1 Å². The first-order valence-corrected chi connectivity index (χ1v) is 7.35. The van der Waals surface area contributed by atoms with Gasteiger partial charge < -0.3 is 9.47 Å². The van der Waals surface area contributed by atoms with E-state index >= 15 is 0 Å². The Morgan fingerprint density at radius 3 is 2.83 bits per heavy atom. The Labute approximate surface area is 135 Å². The first-order valence-electron chi connectivity index (χ1n) is 6.47. The largest absolute Gasteiger partial charge is 0.469 e. The van der Waals surface area contributed by atoms with Crippen LogP contribution in [0.3, 0.4) is 0 Å². The van der Waals surface area contributed by atoms with Gasteiger partial charge in [-0.25, -0.2) is 14.8 Å². The summed E-state index contributed by atoms with van der Waals surface area (Å²) in [6, 6.07) is 4.79. The molecule has 8 nitrogen and oxygen atoms in total. The lowest BCUT2D eigenvalue weighted by Gasteiger charge is -2.03. The average molecular weight is 335 g/mol. The molecule has 23 heavy (non-hydrogen) atoms. The van der Waals surface area contributed by atoms with Crippen LogP contribution in [0.1, 0.15) is 16.2 Å². The van der Waals surface area contributed by atoms with Crippen molar-refractivity contribution in [3.05, 3.63) is 41.2 Å². The Balaban J connectivity index is 1.81. The summed E-state index contributed by atoms with van der Waals surface area (Å²) in [5.41, 5.74) is 0.609. The molecule has 0 aliphatic rings. The molecule has 120 valence electrons. The highest BCUT2D eigenvalue weighted by atomic mass is 32.1. The summed E-state index contributed by atoms with van der Waals surface area (Å²) in [6.45, 7) is -0.457. The molecule has 2 aromatic rings. The van der Waals surface area contributed by atoms with E-state index in [2.05, 4.69) is 20.0 Å². The lowest BCUT2D eigenvalue weighted by molar-refractivity contribution is -0.139. The van der Waals surface area contributed by atoms with E-state index in [1.54, 1.807) is 17.5 Å². The van der Waals surface area contributed by atoms with Crippen molar-refractivity contribution >= 4 is 34.3 Å². The van der Waals surface area contributed by atoms with Crippen LogP contribution in [0, 0.1) is 0 Å². The number of esters is 2. The molecular formula is C14H13N3O5S. The minimum atomic E-state index is -0.689. The number of rotatable bonds is 6. The van der Waals surface area contributed by atoms with Gasteiger partial charge in [0.15, 0.2) is 11.7 Å². The summed E-state index contributed by atoms with van der Waals surface area (Å²) in [5, 5.41) is 4.42. The van der Waals surface area contributed by atoms with Gasteiger partial charge in [0.2, 0.25) is 0 Å². The fourth-order valence-corrected chi connectivity index (χ4v) is 2.24. The summed E-state index contributed by atoms with van der Waals surface area (Å²) >= 11 is 1.16. The van der Waals surface area contributed by atoms with E-state index in [9.17, 15) is 14.4 Å². The predicted molar refractivity (Wildman–Crippen MR) is 81.0 cm³/mol. The molecule has 0 spiro atoms. The molecule has 0 atom stereocenters. The molecular weight excluding hydrogens is 322 g/mol. The number of ether oxygens (including phenoxy) is 2. The standard InChI is InChI=1S/C14H13N3O5S/c1-21-12(19)6-9-8-23-14(16-9)17-11(18)7-22-13(20)10-4-2-3-5-15-10/h2-5,8H,6-7H2,1H3,(H,16,17,18). The molecule has 0 unspecified atom stereocenters. The van der Waals surface area contributed by atoms with Crippen LogP contribution in [0.25, 0.3) is 0 Å². The SMILES string of the molecule is COC(=O)Cc1csc(NC(=O)COC(=O)c2ccccn2)n1. The Morgan fingerprint density at radius 2 is 2.13 bits per heavy atom. The second kappa shape index (κ2) is 7.99. The summed E-state index contributed by atoms with van der Waals surface area (Å²) in [7, 11) is 1.29. The van der Waals surface area contributed by atoms with Gasteiger partial charge in [-0.05, 0) is 12.1 Å². The van der Waals surface area contributed by atoms with Gasteiger partial charge in [-0.3, -0.25) is 14.9 Å². The number of amides is 1. The van der Waals surface area contributed by atoms with Crippen LogP contribution in [0.5, 0.6) is 0 Å². The van der Waals surface area contributed by atoms with Crippen LogP contribution in [-0.2, 0) is 25.5 Å². The molecule has 0 radical (unpaired) electrons. The third kappa shape index (κ3) is 5.15. The van der Waals surface area contributed by atoms with Crippen molar-refractivity contribution in [1.29, 1.82) is 0 Å². The van der Waals surface area contributed by atoms with Gasteiger partial charge in [-0.15, -0.1) is 11.3 Å². The van der Waals surface area contributed by atoms with Crippen LogP contribution >= 0.6 is 11.3 Å². The molecule has 0 saturated heterocycles. The third-order valence-electron chi connectivity index (χ3n) is 2.56. The lowest BCUT2D eigenvalue weighted by atomic mass is 10.3. The van der Waals surface area contributed by atoms with Gasteiger partial charge in [0, 0.05) is 11.6 Å². The fraction of sp³-hybridized carbons (Fsp3) is 0.214. The number of carbonyl (C=O) groups is 3. The Bertz CT molecular complexity index is 701. The second-order valence-corrected chi connectivity index (χ2v) is 5.09. The minimum Gasteiger partial charge on any atom is -0.469 e. The molecule has 0 saturated carbocycles. The molecule has 2 rings (SSSR count). The third-order valence-corrected chi connectivity index (χ3v) is 3.37. The maximum atomic E-state index is 11.7. The molecule has 2 heterocycles. The molecule has 0 aromatic carbocycles. The summed E-state index contributed by atoms with van der Waals surface area (Å²) in [4.78, 5) is 42.3. The molecule has 2 aromatic heterocycles. The first kappa shape index (κ1) is 16.6. The molecule has 1 N–H and O–H groups in total. The van der Waals surface area contributed by atoms with Crippen LogP contribution in [0.4, 0.5) is 5.13 Å². The molecule has 0 aliphatic carbocycles. The van der Waals surface area contributed by atoms with Crippen LogP contribution in [0.2, 0.25) is 0 Å². The molecule has 1 amide bonds. The number of aromatic nitrogens is 2. The topological polar surface area (TPSA) is 107 Å². The highest BCUT2D eigenvalue weighted by Gasteiger charge is 2.13. The van der Waals surface area contributed by atoms with E-state index in [4.69, 9.17) is 4.74 Å². The van der Waals surface area contributed by atoms with Crippen LogP contribution in [-0.4, -0.2) is 41.5 Å². The highest BCUT2D eigenvalue weighted by molar-refractivity contribution is 7.13. The van der Waals surface area contributed by atoms with E-state index in [1.807, 2.05) is 0 Å². The zero-order valence-electron chi connectivity index (χ0n) is 12.1. The second-order valence-electron chi connectivity index (χ2n) is 4.24. The van der Waals surface area contributed by atoms with Crippen molar-refractivity contribution < 1.29 is 23.9 Å². The van der Waals surface area contributed by atoms with E-state index in [1.165, 1.54) is 19.4 Å². The number of methoxy groups -OCH3 is 1. The van der Waals surface area contributed by atoms with Crippen LogP contribution < -0.4 is 5.32 Å². The van der Waals surface area contributed by atoms with E-state index in [0.29, 0.717) is 10.8 Å². The van der Waals surface area contributed by atoms with Gasteiger partial charge in [0.05, 0.1) is 19.2 Å². The lowest BCUT2D eigenvalue weighted by Crippen LogP contribution is -2.21. The number of hydrogen-bond acceptors (Lipinski definition) is 8. The van der Waals surface area contributed by atoms with Crippen molar-refractivity contribution in [3.8, 4) is 0 Å². The molecule has 0 fully saturated rings. The van der Waals surface area contributed by atoms with Crippen molar-refractivity contribution in [1.82, 2.24) is 9.97 Å². The maximum absolute atomic E-state index is 11.7. The highest BCUT2D eigenvalue weighted by Crippen LogP contribution is 2.16. The normalized spacial score (nSPS) is 9.96. The smallest absolute Gasteiger partial charge is 0.357 e. The van der Waals surface area contributed by atoms with Crippen LogP contribution in [0.15, 0.2) is 29.8 Å². The Hall–Kier alpha value is -2.81. The van der Waals surface area contributed by atoms with E-state index < -0.39 is 24.5 Å². The molecule has 0 aliphatic heterocycles. The van der Waals surface area contributed by atoms with Crippen molar-refractivity contribution in [2.45, 2.75) is 6.42 Å². The number of nitrogens with zero attached hydrogens (tertiary/aromatic N) is 2. The summed E-state index contributed by atoms with van der Waals surface area (Å²) in [6.07, 6.45) is 1.48. The van der Waals surface area contributed by atoms with Crippen molar-refractivity contribution in [3.63, 3.8) is 0 Å².